The fourth-order valence-electron chi connectivity index (χ4n) is 6.21. The molecular weight excluding hydrogens is 484 g/mol. The molecule has 10 nitrogen and oxygen atoms in total. The van der Waals surface area contributed by atoms with Crippen LogP contribution >= 0.6 is 0 Å². The lowest BCUT2D eigenvalue weighted by atomic mass is 9.81. The number of aromatic nitrogens is 3. The number of nitrogens with two attached hydrogens (primary N) is 1. The van der Waals surface area contributed by atoms with E-state index in [4.69, 9.17) is 10.3 Å². The Morgan fingerprint density at radius 3 is 2.76 bits per heavy atom. The van der Waals surface area contributed by atoms with E-state index in [-0.39, 0.29) is 22.9 Å². The number of amides is 1. The van der Waals surface area contributed by atoms with Crippen molar-refractivity contribution in [2.24, 2.45) is 11.1 Å². The van der Waals surface area contributed by atoms with Gasteiger partial charge in [-0.25, -0.2) is 4.98 Å². The Morgan fingerprint density at radius 2 is 2.05 bits per heavy atom. The normalized spacial score (nSPS) is 21.7. The lowest BCUT2D eigenvalue weighted by Crippen LogP contribution is -2.35. The molecule has 2 fully saturated rings. The van der Waals surface area contributed by atoms with Gasteiger partial charge in [-0.15, -0.1) is 0 Å². The smallest absolute Gasteiger partial charge is 0.310 e. The number of carbonyl (C=O) groups is 2. The summed E-state index contributed by atoms with van der Waals surface area (Å²) in [5, 5.41) is 17.0. The maximum absolute atomic E-state index is 12.0. The molecule has 2 aromatic heterocycles. The van der Waals surface area contributed by atoms with Gasteiger partial charge in [-0.05, 0) is 69.7 Å². The van der Waals surface area contributed by atoms with Gasteiger partial charge in [0.2, 0.25) is 5.82 Å². The summed E-state index contributed by atoms with van der Waals surface area (Å²) in [5.74, 6) is -0.0633. The molecule has 1 unspecified atom stereocenters. The minimum absolute atomic E-state index is 0.0338. The van der Waals surface area contributed by atoms with Gasteiger partial charge in [0.1, 0.15) is 5.82 Å². The van der Waals surface area contributed by atoms with Gasteiger partial charge in [-0.3, -0.25) is 9.59 Å². The number of likely N-dealkylation sites (tertiary alicyclic amines) is 1. The summed E-state index contributed by atoms with van der Waals surface area (Å²) in [5.41, 5.74) is 9.36. The maximum Gasteiger partial charge on any atom is 0.310 e. The number of anilines is 1. The van der Waals surface area contributed by atoms with E-state index in [1.807, 2.05) is 26.0 Å². The number of hydrogen-bond donors (Lipinski definition) is 3. The highest BCUT2D eigenvalue weighted by atomic mass is 16.5. The number of benzene rings is 1. The predicted octanol–water partition coefficient (Wildman–Crippen LogP) is 3.47. The van der Waals surface area contributed by atoms with E-state index in [2.05, 4.69) is 31.4 Å². The van der Waals surface area contributed by atoms with Crippen LogP contribution in [-0.2, 0) is 16.6 Å². The van der Waals surface area contributed by atoms with Gasteiger partial charge in [0.15, 0.2) is 0 Å². The number of nitrogens with zero attached hydrogens (tertiary/aromatic N) is 4. The molecule has 0 bridgehead atoms. The molecule has 1 aromatic carbocycles. The lowest BCUT2D eigenvalue weighted by Gasteiger charge is -2.27. The van der Waals surface area contributed by atoms with Crippen molar-refractivity contribution in [3.63, 3.8) is 0 Å². The quantitative estimate of drug-likeness (QED) is 0.409. The molecule has 0 radical (unpaired) electrons. The third-order valence-corrected chi connectivity index (χ3v) is 8.36. The molecule has 3 aliphatic rings. The first-order chi connectivity index (χ1) is 18.2. The van der Waals surface area contributed by atoms with E-state index in [1.165, 1.54) is 11.1 Å². The third kappa shape index (κ3) is 4.13. The SMILES string of the molecule is CC(C)Nc1ncc(-c2nc(-c3cccc4c3CCC43CCN(CC4(C(=O)O)CC4)C3)no2)cc1C(N)=O. The highest BCUT2D eigenvalue weighted by molar-refractivity contribution is 5.98. The first-order valence-electron chi connectivity index (χ1n) is 13.2. The Kier molecular flexibility index (Phi) is 5.75. The van der Waals surface area contributed by atoms with Gasteiger partial charge in [0, 0.05) is 36.3 Å². The summed E-state index contributed by atoms with van der Waals surface area (Å²) in [4.78, 5) is 35.1. The van der Waals surface area contributed by atoms with E-state index in [0.29, 0.717) is 23.8 Å². The molecule has 38 heavy (non-hydrogen) atoms. The van der Waals surface area contributed by atoms with Crippen molar-refractivity contribution in [2.45, 2.75) is 57.4 Å². The van der Waals surface area contributed by atoms with Crippen LogP contribution in [0.3, 0.4) is 0 Å². The second-order valence-corrected chi connectivity index (χ2v) is 11.4. The summed E-state index contributed by atoms with van der Waals surface area (Å²) >= 11 is 0. The molecule has 1 aliphatic heterocycles. The third-order valence-electron chi connectivity index (χ3n) is 8.36. The van der Waals surface area contributed by atoms with Crippen LogP contribution in [0.25, 0.3) is 22.8 Å². The van der Waals surface area contributed by atoms with E-state index in [1.54, 1.807) is 12.3 Å². The van der Waals surface area contributed by atoms with Crippen LogP contribution in [0.2, 0.25) is 0 Å². The highest BCUT2D eigenvalue weighted by Gasteiger charge is 2.53. The lowest BCUT2D eigenvalue weighted by molar-refractivity contribution is -0.144. The van der Waals surface area contributed by atoms with Crippen LogP contribution < -0.4 is 11.1 Å². The summed E-state index contributed by atoms with van der Waals surface area (Å²) < 4.78 is 5.60. The van der Waals surface area contributed by atoms with E-state index in [0.717, 1.165) is 50.8 Å². The van der Waals surface area contributed by atoms with Crippen molar-refractivity contribution in [1.82, 2.24) is 20.0 Å². The molecule has 1 spiro atoms. The molecule has 10 heteroatoms. The van der Waals surface area contributed by atoms with Crippen molar-refractivity contribution in [2.75, 3.05) is 25.0 Å². The number of pyridine rings is 1. The second-order valence-electron chi connectivity index (χ2n) is 11.4. The van der Waals surface area contributed by atoms with Crippen LogP contribution in [0.1, 0.15) is 61.0 Å². The Bertz CT molecular complexity index is 1430. The number of primary amides is 1. The Balaban J connectivity index is 1.26. The molecule has 198 valence electrons. The van der Waals surface area contributed by atoms with Crippen LogP contribution in [0.5, 0.6) is 0 Å². The van der Waals surface area contributed by atoms with Gasteiger partial charge in [-0.1, -0.05) is 23.4 Å². The Morgan fingerprint density at radius 1 is 1.24 bits per heavy atom. The zero-order chi connectivity index (χ0) is 26.7. The topological polar surface area (TPSA) is 147 Å². The van der Waals surface area contributed by atoms with Gasteiger partial charge >= 0.3 is 5.97 Å². The summed E-state index contributed by atoms with van der Waals surface area (Å²) in [6.45, 7) is 6.35. The van der Waals surface area contributed by atoms with Crippen molar-refractivity contribution in [3.8, 4) is 22.8 Å². The molecule has 1 saturated carbocycles. The molecule has 6 rings (SSSR count). The second kappa shape index (κ2) is 8.90. The number of hydrogen-bond acceptors (Lipinski definition) is 8. The minimum Gasteiger partial charge on any atom is -0.481 e. The summed E-state index contributed by atoms with van der Waals surface area (Å²) in [6, 6.07) is 7.97. The van der Waals surface area contributed by atoms with Crippen molar-refractivity contribution >= 4 is 17.7 Å². The van der Waals surface area contributed by atoms with Gasteiger partial charge in [0.25, 0.3) is 11.8 Å². The number of rotatable bonds is 8. The first-order valence-corrected chi connectivity index (χ1v) is 13.2. The monoisotopic (exact) mass is 516 g/mol. The highest BCUT2D eigenvalue weighted by Crippen LogP contribution is 2.51. The van der Waals surface area contributed by atoms with Crippen molar-refractivity contribution in [3.05, 3.63) is 47.2 Å². The Labute approximate surface area is 220 Å². The number of nitrogens with one attached hydrogen (secondary N) is 1. The summed E-state index contributed by atoms with van der Waals surface area (Å²) in [6.07, 6.45) is 6.11. The summed E-state index contributed by atoms with van der Waals surface area (Å²) in [7, 11) is 0. The fourth-order valence-corrected chi connectivity index (χ4v) is 6.21. The average Bonchev–Trinajstić information content (AvgIpc) is 3.19. The van der Waals surface area contributed by atoms with Crippen LogP contribution in [0, 0.1) is 5.41 Å². The van der Waals surface area contributed by atoms with Crippen LogP contribution in [-0.4, -0.2) is 62.7 Å². The molecule has 3 heterocycles. The van der Waals surface area contributed by atoms with Crippen LogP contribution in [0.15, 0.2) is 35.0 Å². The predicted molar refractivity (Wildman–Crippen MR) is 141 cm³/mol. The number of carbonyl (C=O) groups excluding carboxylic acids is 1. The molecule has 3 aromatic rings. The van der Waals surface area contributed by atoms with E-state index in [9.17, 15) is 14.7 Å². The molecule has 1 atom stereocenters. The first kappa shape index (κ1) is 24.5. The average molecular weight is 517 g/mol. The van der Waals surface area contributed by atoms with Gasteiger partial charge < -0.3 is 25.6 Å². The number of aliphatic carboxylic acids is 1. The number of carboxylic acid groups (broad SMARTS) is 1. The molecule has 2 aliphatic carbocycles. The Hall–Kier alpha value is -3.79. The fraction of sp³-hybridized carbons (Fsp3) is 0.464. The molecule has 1 amide bonds. The van der Waals surface area contributed by atoms with E-state index >= 15 is 0 Å². The maximum atomic E-state index is 12.0. The standard InChI is InChI=1S/C28H32N6O4/c1-16(2)31-23-20(22(29)35)12-17(13-30-23)25-32-24(33-38-25)19-4-3-5-21-18(19)6-7-27(21)10-11-34(14-27)15-28(8-9-28)26(36)37/h3-5,12-13,16H,6-11,14-15H2,1-2H3,(H2,29,35)(H,30,31)(H,36,37). The van der Waals surface area contributed by atoms with E-state index < -0.39 is 17.3 Å². The molecule has 1 saturated heterocycles. The van der Waals surface area contributed by atoms with Crippen molar-refractivity contribution < 1.29 is 19.2 Å². The molecular formula is C28H32N6O4. The van der Waals surface area contributed by atoms with Crippen molar-refractivity contribution in [1.29, 1.82) is 0 Å². The minimum atomic E-state index is -0.663. The van der Waals surface area contributed by atoms with Crippen LogP contribution in [0.4, 0.5) is 5.82 Å². The zero-order valence-electron chi connectivity index (χ0n) is 21.7. The number of fused-ring (bicyclic) bond motifs is 2. The zero-order valence-corrected chi connectivity index (χ0v) is 21.7. The molecule has 4 N–H and O–H groups in total. The van der Waals surface area contributed by atoms with Gasteiger partial charge in [-0.2, -0.15) is 4.98 Å². The van der Waals surface area contributed by atoms with Gasteiger partial charge in [0.05, 0.1) is 16.5 Å². The largest absolute Gasteiger partial charge is 0.481 e. The number of carboxylic acids is 1.